The lowest BCUT2D eigenvalue weighted by Gasteiger charge is -2.22. The third kappa shape index (κ3) is 4.30. The standard InChI is InChI=1S/C14H25N3O2/c1-10-6-12(16-15-10)7-11-8-17(9-13(11)18)5-4-14(2,3)19/h6,11,13,18-19H,4-5,7-9H2,1-3H3,(H,15,16)/t11-,13-/m1/s1. The summed E-state index contributed by atoms with van der Waals surface area (Å²) >= 11 is 0. The summed E-state index contributed by atoms with van der Waals surface area (Å²) in [7, 11) is 0. The number of H-pyrrole nitrogens is 1. The molecule has 0 aromatic carbocycles. The third-order valence-electron chi connectivity index (χ3n) is 3.75. The molecule has 0 bridgehead atoms. The van der Waals surface area contributed by atoms with Gasteiger partial charge < -0.3 is 15.1 Å². The van der Waals surface area contributed by atoms with Crippen molar-refractivity contribution in [3.8, 4) is 0 Å². The third-order valence-corrected chi connectivity index (χ3v) is 3.75. The molecule has 108 valence electrons. The maximum Gasteiger partial charge on any atom is 0.0711 e. The molecule has 2 atom stereocenters. The smallest absolute Gasteiger partial charge is 0.0711 e. The van der Waals surface area contributed by atoms with Gasteiger partial charge in [-0.25, -0.2) is 0 Å². The summed E-state index contributed by atoms with van der Waals surface area (Å²) in [5.74, 6) is 0.240. The van der Waals surface area contributed by atoms with Crippen LogP contribution in [0.4, 0.5) is 0 Å². The van der Waals surface area contributed by atoms with E-state index in [1.807, 2.05) is 26.8 Å². The zero-order chi connectivity index (χ0) is 14.0. The van der Waals surface area contributed by atoms with E-state index in [1.165, 1.54) is 0 Å². The number of nitrogens with zero attached hydrogens (tertiary/aromatic N) is 2. The van der Waals surface area contributed by atoms with Crippen LogP contribution >= 0.6 is 0 Å². The molecule has 0 radical (unpaired) electrons. The summed E-state index contributed by atoms with van der Waals surface area (Å²) in [5.41, 5.74) is 1.44. The van der Waals surface area contributed by atoms with Crippen molar-refractivity contribution in [1.82, 2.24) is 15.1 Å². The molecule has 1 aromatic heterocycles. The van der Waals surface area contributed by atoms with Gasteiger partial charge in [-0.15, -0.1) is 0 Å². The molecule has 0 spiro atoms. The largest absolute Gasteiger partial charge is 0.391 e. The van der Waals surface area contributed by atoms with Crippen molar-refractivity contribution >= 4 is 0 Å². The Bertz CT molecular complexity index is 411. The molecule has 1 fully saturated rings. The van der Waals surface area contributed by atoms with Crippen molar-refractivity contribution in [3.63, 3.8) is 0 Å². The summed E-state index contributed by atoms with van der Waals surface area (Å²) in [6.45, 7) is 8.04. The summed E-state index contributed by atoms with van der Waals surface area (Å²) in [5, 5.41) is 27.0. The highest BCUT2D eigenvalue weighted by atomic mass is 16.3. The van der Waals surface area contributed by atoms with E-state index >= 15 is 0 Å². The molecule has 0 unspecified atom stereocenters. The van der Waals surface area contributed by atoms with E-state index in [4.69, 9.17) is 0 Å². The molecule has 19 heavy (non-hydrogen) atoms. The highest BCUT2D eigenvalue weighted by Crippen LogP contribution is 2.22. The number of aromatic amines is 1. The maximum atomic E-state index is 10.1. The molecular formula is C14H25N3O2. The summed E-state index contributed by atoms with van der Waals surface area (Å²) < 4.78 is 0. The minimum absolute atomic E-state index is 0.240. The fourth-order valence-electron chi connectivity index (χ4n) is 2.60. The highest BCUT2D eigenvalue weighted by Gasteiger charge is 2.32. The molecule has 0 saturated carbocycles. The lowest BCUT2D eigenvalue weighted by Crippen LogP contribution is -2.30. The monoisotopic (exact) mass is 267 g/mol. The normalized spacial score (nSPS) is 25.1. The van der Waals surface area contributed by atoms with Gasteiger partial charge in [-0.3, -0.25) is 5.10 Å². The van der Waals surface area contributed by atoms with Gasteiger partial charge in [0.05, 0.1) is 17.4 Å². The van der Waals surface area contributed by atoms with Crippen LogP contribution in [0.5, 0.6) is 0 Å². The van der Waals surface area contributed by atoms with Crippen LogP contribution in [0.3, 0.4) is 0 Å². The Morgan fingerprint density at radius 1 is 1.47 bits per heavy atom. The number of hydrogen-bond acceptors (Lipinski definition) is 4. The first-order chi connectivity index (χ1) is 8.83. The Labute approximate surface area is 114 Å². The van der Waals surface area contributed by atoms with Crippen LogP contribution in [-0.2, 0) is 6.42 Å². The average molecular weight is 267 g/mol. The van der Waals surface area contributed by atoms with E-state index in [2.05, 4.69) is 15.1 Å². The zero-order valence-corrected chi connectivity index (χ0v) is 12.1. The SMILES string of the molecule is Cc1cc(C[C@@H]2CN(CCC(C)(C)O)C[C@H]2O)n[nH]1. The first-order valence-electron chi connectivity index (χ1n) is 6.97. The lowest BCUT2D eigenvalue weighted by molar-refractivity contribution is 0.0586. The molecule has 2 rings (SSSR count). The predicted octanol–water partition coefficient (Wildman–Crippen LogP) is 0.714. The topological polar surface area (TPSA) is 72.4 Å². The molecule has 1 aromatic rings. The summed E-state index contributed by atoms with van der Waals surface area (Å²) in [6.07, 6.45) is 1.25. The van der Waals surface area contributed by atoms with E-state index < -0.39 is 5.60 Å². The number of aryl methyl sites for hydroxylation is 1. The Hall–Kier alpha value is -0.910. The molecule has 0 amide bonds. The van der Waals surface area contributed by atoms with Crippen LogP contribution in [0, 0.1) is 12.8 Å². The zero-order valence-electron chi connectivity index (χ0n) is 12.1. The number of hydrogen-bond donors (Lipinski definition) is 3. The van der Waals surface area contributed by atoms with Gasteiger partial charge in [0.15, 0.2) is 0 Å². The van der Waals surface area contributed by atoms with Crippen LogP contribution in [0.15, 0.2) is 6.07 Å². The second-order valence-electron chi connectivity index (χ2n) is 6.40. The van der Waals surface area contributed by atoms with Crippen LogP contribution in [-0.4, -0.2) is 56.6 Å². The van der Waals surface area contributed by atoms with Crippen molar-refractivity contribution in [1.29, 1.82) is 0 Å². The first-order valence-corrected chi connectivity index (χ1v) is 6.97. The van der Waals surface area contributed by atoms with Crippen LogP contribution < -0.4 is 0 Å². The molecule has 1 saturated heterocycles. The molecule has 1 aliphatic heterocycles. The molecule has 2 heterocycles. The van der Waals surface area contributed by atoms with Gasteiger partial charge in [0.1, 0.15) is 0 Å². The van der Waals surface area contributed by atoms with E-state index in [-0.39, 0.29) is 12.0 Å². The van der Waals surface area contributed by atoms with E-state index in [0.29, 0.717) is 6.54 Å². The summed E-state index contributed by atoms with van der Waals surface area (Å²) in [6, 6.07) is 2.03. The minimum Gasteiger partial charge on any atom is -0.391 e. The fourth-order valence-corrected chi connectivity index (χ4v) is 2.60. The Balaban J connectivity index is 1.84. The molecule has 5 nitrogen and oxygen atoms in total. The van der Waals surface area contributed by atoms with Crippen molar-refractivity contribution in [2.45, 2.75) is 45.3 Å². The Kier molecular flexibility index (Phi) is 4.28. The Morgan fingerprint density at radius 3 is 2.79 bits per heavy atom. The van der Waals surface area contributed by atoms with E-state index in [1.54, 1.807) is 0 Å². The Morgan fingerprint density at radius 2 is 2.21 bits per heavy atom. The minimum atomic E-state index is -0.637. The van der Waals surface area contributed by atoms with Gasteiger partial charge in [0.25, 0.3) is 0 Å². The van der Waals surface area contributed by atoms with E-state index in [9.17, 15) is 10.2 Å². The quantitative estimate of drug-likeness (QED) is 0.735. The van der Waals surface area contributed by atoms with Gasteiger partial charge in [-0.05, 0) is 39.7 Å². The second kappa shape index (κ2) is 5.61. The number of nitrogens with one attached hydrogen (secondary N) is 1. The van der Waals surface area contributed by atoms with Crippen molar-refractivity contribution in [3.05, 3.63) is 17.5 Å². The highest BCUT2D eigenvalue weighted by molar-refractivity contribution is 5.08. The van der Waals surface area contributed by atoms with Crippen molar-refractivity contribution in [2.75, 3.05) is 19.6 Å². The lowest BCUT2D eigenvalue weighted by atomic mass is 10.00. The van der Waals surface area contributed by atoms with Gasteiger partial charge in [0, 0.05) is 31.2 Å². The van der Waals surface area contributed by atoms with Gasteiger partial charge in [-0.1, -0.05) is 0 Å². The fraction of sp³-hybridized carbons (Fsp3) is 0.786. The van der Waals surface area contributed by atoms with Gasteiger partial charge in [0.2, 0.25) is 0 Å². The summed E-state index contributed by atoms with van der Waals surface area (Å²) in [4.78, 5) is 2.23. The molecule has 3 N–H and O–H groups in total. The number of β-amino-alcohol motifs (C(OH)–C–C–N with tert-alkyl or cyclic N) is 1. The van der Waals surface area contributed by atoms with E-state index in [0.717, 1.165) is 37.3 Å². The number of aliphatic hydroxyl groups excluding tert-OH is 1. The van der Waals surface area contributed by atoms with Crippen LogP contribution in [0.25, 0.3) is 0 Å². The van der Waals surface area contributed by atoms with Crippen molar-refractivity contribution in [2.24, 2.45) is 5.92 Å². The molecule has 5 heteroatoms. The molecular weight excluding hydrogens is 242 g/mol. The number of rotatable bonds is 5. The first kappa shape index (κ1) is 14.5. The number of aromatic nitrogens is 2. The predicted molar refractivity (Wildman–Crippen MR) is 73.9 cm³/mol. The van der Waals surface area contributed by atoms with Crippen LogP contribution in [0.2, 0.25) is 0 Å². The number of aliphatic hydroxyl groups is 2. The van der Waals surface area contributed by atoms with Gasteiger partial charge >= 0.3 is 0 Å². The second-order valence-corrected chi connectivity index (χ2v) is 6.40. The van der Waals surface area contributed by atoms with Crippen molar-refractivity contribution < 1.29 is 10.2 Å². The average Bonchev–Trinajstić information content (AvgIpc) is 2.83. The number of likely N-dealkylation sites (tertiary alicyclic amines) is 1. The van der Waals surface area contributed by atoms with Crippen LogP contribution in [0.1, 0.15) is 31.7 Å². The molecule has 1 aliphatic rings. The van der Waals surface area contributed by atoms with Gasteiger partial charge in [-0.2, -0.15) is 5.10 Å². The maximum absolute atomic E-state index is 10.1. The molecule has 0 aliphatic carbocycles.